The number of rotatable bonds is 80. The molecule has 0 aromatic rings. The molecule has 2 unspecified atom stereocenters. The molecule has 0 spiro atoms. The van der Waals surface area contributed by atoms with Gasteiger partial charge in [-0.15, -0.1) is 0 Å². The van der Waals surface area contributed by atoms with E-state index in [-0.39, 0.29) is 25.7 Å². The second kappa shape index (κ2) is 73.4. The molecule has 582 valence electrons. The molecule has 0 aliphatic rings. The van der Waals surface area contributed by atoms with Crippen LogP contribution in [0.3, 0.4) is 0 Å². The second-order valence-electron chi connectivity index (χ2n) is 28.5. The fourth-order valence-electron chi connectivity index (χ4n) is 12.3. The summed E-state index contributed by atoms with van der Waals surface area (Å²) in [4.78, 5) is 72.9. The van der Waals surface area contributed by atoms with Crippen LogP contribution in [0.25, 0.3) is 0 Å². The molecule has 5 atom stereocenters. The highest BCUT2D eigenvalue weighted by molar-refractivity contribution is 7.47. The van der Waals surface area contributed by atoms with Gasteiger partial charge in [0.25, 0.3) is 0 Å². The van der Waals surface area contributed by atoms with Crippen LogP contribution in [0.5, 0.6) is 0 Å². The molecule has 0 aliphatic carbocycles. The largest absolute Gasteiger partial charge is 0.472 e. The van der Waals surface area contributed by atoms with E-state index in [1.807, 2.05) is 0 Å². The van der Waals surface area contributed by atoms with E-state index in [4.69, 9.17) is 37.0 Å². The van der Waals surface area contributed by atoms with Gasteiger partial charge in [0.05, 0.1) is 26.4 Å². The Morgan fingerprint density at radius 1 is 0.245 bits per heavy atom. The van der Waals surface area contributed by atoms with Crippen molar-refractivity contribution in [3.05, 3.63) is 0 Å². The number of ether oxygens (including phenoxy) is 4. The first-order valence-corrected chi connectivity index (χ1v) is 44.3. The predicted molar refractivity (Wildman–Crippen MR) is 400 cm³/mol. The topological polar surface area (TPSA) is 237 Å². The van der Waals surface area contributed by atoms with Crippen LogP contribution in [-0.2, 0) is 65.4 Å². The quantitative estimate of drug-likeness (QED) is 0.0222. The maximum absolute atomic E-state index is 13.1. The minimum absolute atomic E-state index is 0.108. The van der Waals surface area contributed by atoms with E-state index in [2.05, 4.69) is 27.7 Å². The van der Waals surface area contributed by atoms with Crippen LogP contribution in [0.15, 0.2) is 0 Å². The number of unbranched alkanes of at least 4 members (excludes halogenated alkanes) is 54. The van der Waals surface area contributed by atoms with Gasteiger partial charge < -0.3 is 33.8 Å². The van der Waals surface area contributed by atoms with Crippen molar-refractivity contribution in [1.82, 2.24) is 0 Å². The number of hydrogen-bond acceptors (Lipinski definition) is 15. The first kappa shape index (κ1) is 96.1. The first-order valence-electron chi connectivity index (χ1n) is 41.3. The average Bonchev–Trinajstić information content (AvgIpc) is 0.980. The van der Waals surface area contributed by atoms with Crippen molar-refractivity contribution in [3.63, 3.8) is 0 Å². The lowest BCUT2D eigenvalue weighted by Gasteiger charge is -2.21. The normalized spacial score (nSPS) is 13.8. The zero-order valence-electron chi connectivity index (χ0n) is 63.8. The Morgan fingerprint density at radius 2 is 0.408 bits per heavy atom. The molecule has 0 aliphatic heterocycles. The molecule has 0 fully saturated rings. The molecular formula is C79H154O17P2. The molecule has 0 radical (unpaired) electrons. The number of aliphatic hydroxyl groups is 1. The average molecular weight is 1440 g/mol. The van der Waals surface area contributed by atoms with Gasteiger partial charge in [0, 0.05) is 25.7 Å². The predicted octanol–water partition coefficient (Wildman–Crippen LogP) is 23.8. The van der Waals surface area contributed by atoms with Crippen molar-refractivity contribution in [2.24, 2.45) is 0 Å². The van der Waals surface area contributed by atoms with E-state index < -0.39 is 97.5 Å². The van der Waals surface area contributed by atoms with E-state index in [9.17, 15) is 43.2 Å². The maximum Gasteiger partial charge on any atom is 0.472 e. The molecule has 98 heavy (non-hydrogen) atoms. The van der Waals surface area contributed by atoms with Crippen molar-refractivity contribution in [3.8, 4) is 0 Å². The third-order valence-electron chi connectivity index (χ3n) is 18.6. The minimum atomic E-state index is -4.96. The Hall–Kier alpha value is -1.94. The molecule has 0 amide bonds. The summed E-state index contributed by atoms with van der Waals surface area (Å²) in [7, 11) is -9.91. The summed E-state index contributed by atoms with van der Waals surface area (Å²) in [6.07, 6.45) is 65.1. The molecular weight excluding hydrogens is 1280 g/mol. The summed E-state index contributed by atoms with van der Waals surface area (Å²) in [6.45, 7) is 5.01. The molecule has 0 bridgehead atoms. The summed E-state index contributed by atoms with van der Waals surface area (Å²) in [5.41, 5.74) is 0. The van der Waals surface area contributed by atoms with E-state index in [0.29, 0.717) is 25.7 Å². The van der Waals surface area contributed by atoms with Gasteiger partial charge in [-0.2, -0.15) is 0 Å². The SMILES string of the molecule is CCCCCCCCCCCCCCCCCCCCC(=O)OC[C@H](COP(=O)(O)OC[C@@H](O)COP(=O)(O)OC[C@@H](COC(=O)CCCCCCCCCCCCC)OC(=O)CCCCCCCCCCCCC)OC(=O)CCCCCCCCCCCCCCCCCCCC. The zero-order valence-corrected chi connectivity index (χ0v) is 65.6. The number of carbonyl (C=O) groups is 4. The van der Waals surface area contributed by atoms with Crippen molar-refractivity contribution >= 4 is 39.5 Å². The Morgan fingerprint density at radius 3 is 0.602 bits per heavy atom. The van der Waals surface area contributed by atoms with Crippen molar-refractivity contribution < 1.29 is 80.2 Å². The third-order valence-corrected chi connectivity index (χ3v) is 20.5. The number of carbonyl (C=O) groups excluding carboxylic acids is 4. The fourth-order valence-corrected chi connectivity index (χ4v) is 13.9. The molecule has 17 nitrogen and oxygen atoms in total. The molecule has 0 saturated heterocycles. The van der Waals surface area contributed by atoms with Crippen LogP contribution in [0.4, 0.5) is 0 Å². The molecule has 0 heterocycles. The lowest BCUT2D eigenvalue weighted by atomic mass is 10.0. The Kier molecular flexibility index (Phi) is 71.9. The van der Waals surface area contributed by atoms with E-state index in [1.54, 1.807) is 0 Å². The van der Waals surface area contributed by atoms with Crippen molar-refractivity contribution in [2.75, 3.05) is 39.6 Å². The highest BCUT2D eigenvalue weighted by Gasteiger charge is 2.30. The summed E-state index contributed by atoms with van der Waals surface area (Å²) >= 11 is 0. The molecule has 3 N–H and O–H groups in total. The number of esters is 4. The van der Waals surface area contributed by atoms with Gasteiger partial charge in [-0.1, -0.05) is 374 Å². The molecule has 0 rings (SSSR count). The van der Waals surface area contributed by atoms with Gasteiger partial charge in [0.1, 0.15) is 19.3 Å². The van der Waals surface area contributed by atoms with E-state index in [1.165, 1.54) is 257 Å². The van der Waals surface area contributed by atoms with Crippen LogP contribution in [0.2, 0.25) is 0 Å². The number of aliphatic hydroxyl groups excluding tert-OH is 1. The summed E-state index contributed by atoms with van der Waals surface area (Å²) in [6, 6.07) is 0. The van der Waals surface area contributed by atoms with Crippen LogP contribution >= 0.6 is 15.6 Å². The number of phosphoric ester groups is 2. The smallest absolute Gasteiger partial charge is 0.462 e. The number of hydrogen-bond donors (Lipinski definition) is 3. The van der Waals surface area contributed by atoms with Crippen LogP contribution in [-0.4, -0.2) is 96.7 Å². The maximum atomic E-state index is 13.1. The Bertz CT molecular complexity index is 1860. The van der Waals surface area contributed by atoms with Crippen LogP contribution in [0, 0.1) is 0 Å². The summed E-state index contributed by atoms with van der Waals surface area (Å²) in [5.74, 6) is -2.11. The Balaban J connectivity index is 5.22. The van der Waals surface area contributed by atoms with Gasteiger partial charge in [-0.25, -0.2) is 9.13 Å². The lowest BCUT2D eigenvalue weighted by Crippen LogP contribution is -2.30. The van der Waals surface area contributed by atoms with Crippen LogP contribution in [0.1, 0.15) is 426 Å². The van der Waals surface area contributed by atoms with Gasteiger partial charge in [-0.3, -0.25) is 37.3 Å². The van der Waals surface area contributed by atoms with Gasteiger partial charge in [0.15, 0.2) is 12.2 Å². The second-order valence-corrected chi connectivity index (χ2v) is 31.4. The van der Waals surface area contributed by atoms with E-state index >= 15 is 0 Å². The van der Waals surface area contributed by atoms with Gasteiger partial charge in [-0.05, 0) is 25.7 Å². The van der Waals surface area contributed by atoms with Crippen molar-refractivity contribution in [2.45, 2.75) is 444 Å². The summed E-state index contributed by atoms with van der Waals surface area (Å²) in [5, 5.41) is 10.6. The standard InChI is InChI=1S/C79H154O17P2/c1-5-9-13-17-21-25-29-31-33-35-37-39-41-45-48-52-56-60-64-77(82)90-70-75(96-79(84)66-62-58-54-50-46-42-40-38-36-34-32-30-26-22-18-14-10-6-2)72-94-98(87,88)92-68-73(80)67-91-97(85,86)93-71-74(95-78(83)65-61-57-53-49-44-28-24-20-16-12-8-4)69-89-76(81)63-59-55-51-47-43-27-23-19-15-11-7-3/h73-75,80H,5-72H2,1-4H3,(H,85,86)(H,87,88)/t73-,74+,75+/m0/s1. The minimum Gasteiger partial charge on any atom is -0.462 e. The number of phosphoric acid groups is 2. The highest BCUT2D eigenvalue weighted by Crippen LogP contribution is 2.45. The highest BCUT2D eigenvalue weighted by atomic mass is 31.2. The molecule has 0 saturated carbocycles. The third kappa shape index (κ3) is 72.4. The van der Waals surface area contributed by atoms with Crippen molar-refractivity contribution in [1.29, 1.82) is 0 Å². The fraction of sp³-hybridized carbons (Fsp3) is 0.949. The monoisotopic (exact) mass is 1440 g/mol. The Labute approximate surface area is 600 Å². The van der Waals surface area contributed by atoms with E-state index in [0.717, 1.165) is 89.9 Å². The van der Waals surface area contributed by atoms with Crippen LogP contribution < -0.4 is 0 Å². The van der Waals surface area contributed by atoms with Gasteiger partial charge in [0.2, 0.25) is 0 Å². The molecule has 0 aromatic heterocycles. The van der Waals surface area contributed by atoms with Gasteiger partial charge >= 0.3 is 39.5 Å². The first-order chi connectivity index (χ1) is 47.7. The zero-order chi connectivity index (χ0) is 71.8. The molecule has 0 aromatic carbocycles. The molecule has 19 heteroatoms. The lowest BCUT2D eigenvalue weighted by molar-refractivity contribution is -0.161. The summed E-state index contributed by atoms with van der Waals surface area (Å²) < 4.78 is 68.6.